The van der Waals surface area contributed by atoms with Crippen LogP contribution in [0.2, 0.25) is 0 Å². The second-order valence-electron chi connectivity index (χ2n) is 4.47. The molecule has 0 aliphatic heterocycles. The molecule has 17 heavy (non-hydrogen) atoms. The Morgan fingerprint density at radius 3 is 1.41 bits per heavy atom. The van der Waals surface area contributed by atoms with E-state index in [1.54, 1.807) is 0 Å². The Labute approximate surface area is 104 Å². The van der Waals surface area contributed by atoms with Gasteiger partial charge in [-0.1, -0.05) is 40.5 Å². The van der Waals surface area contributed by atoms with E-state index in [-0.39, 0.29) is 11.8 Å². The van der Waals surface area contributed by atoms with Gasteiger partial charge >= 0.3 is 11.9 Å². The average molecular weight is 244 g/mol. The zero-order valence-corrected chi connectivity index (χ0v) is 11.7. The summed E-state index contributed by atoms with van der Waals surface area (Å²) in [5, 5.41) is 0. The van der Waals surface area contributed by atoms with E-state index in [1.165, 1.54) is 14.2 Å². The highest BCUT2D eigenvalue weighted by atomic mass is 16.5. The van der Waals surface area contributed by atoms with E-state index in [2.05, 4.69) is 0 Å². The molecule has 0 spiro atoms. The molecule has 100 valence electrons. The van der Waals surface area contributed by atoms with Crippen molar-refractivity contribution >= 4 is 11.9 Å². The van der Waals surface area contributed by atoms with Crippen LogP contribution in [0.3, 0.4) is 0 Å². The average Bonchev–Trinajstić information content (AvgIpc) is 2.37. The van der Waals surface area contributed by atoms with Gasteiger partial charge in [0.1, 0.15) is 0 Å². The minimum Gasteiger partial charge on any atom is -0.468 e. The fraction of sp³-hybridized carbons (Fsp3) is 0.846. The van der Waals surface area contributed by atoms with Gasteiger partial charge in [0.15, 0.2) is 5.41 Å². The van der Waals surface area contributed by atoms with Crippen molar-refractivity contribution in [1.29, 1.82) is 0 Å². The first-order valence-electron chi connectivity index (χ1n) is 6.10. The number of esters is 2. The van der Waals surface area contributed by atoms with Gasteiger partial charge in [-0.25, -0.2) is 0 Å². The molecule has 4 nitrogen and oxygen atoms in total. The van der Waals surface area contributed by atoms with Crippen LogP contribution >= 0.6 is 0 Å². The van der Waals surface area contributed by atoms with Crippen molar-refractivity contribution in [2.45, 2.75) is 40.5 Å². The van der Waals surface area contributed by atoms with Crippen LogP contribution < -0.4 is 0 Å². The van der Waals surface area contributed by atoms with Crippen LogP contribution in [0.1, 0.15) is 40.5 Å². The quantitative estimate of drug-likeness (QED) is 0.532. The monoisotopic (exact) mass is 244 g/mol. The predicted octanol–water partition coefficient (Wildman–Crippen LogP) is 2.41. The van der Waals surface area contributed by atoms with Crippen molar-refractivity contribution in [3.8, 4) is 0 Å². The van der Waals surface area contributed by atoms with E-state index in [4.69, 9.17) is 9.47 Å². The summed E-state index contributed by atoms with van der Waals surface area (Å²) in [6, 6.07) is 0. The van der Waals surface area contributed by atoms with Crippen molar-refractivity contribution < 1.29 is 19.1 Å². The highest BCUT2D eigenvalue weighted by Crippen LogP contribution is 2.41. The number of methoxy groups -OCH3 is 2. The molecule has 2 atom stereocenters. The molecule has 0 radical (unpaired) electrons. The summed E-state index contributed by atoms with van der Waals surface area (Å²) in [4.78, 5) is 24.2. The summed E-state index contributed by atoms with van der Waals surface area (Å²) in [6.45, 7) is 7.68. The molecule has 0 aliphatic carbocycles. The van der Waals surface area contributed by atoms with Gasteiger partial charge in [-0.05, 0) is 11.8 Å². The van der Waals surface area contributed by atoms with E-state index in [0.717, 1.165) is 0 Å². The molecular formula is C13H24O4. The first kappa shape index (κ1) is 15.9. The summed E-state index contributed by atoms with van der Waals surface area (Å²) < 4.78 is 9.69. The SMILES string of the molecule is CCC(C)C(C(=O)OC)(C(=O)OC)C(C)CC. The third kappa shape index (κ3) is 2.61. The Kier molecular flexibility index (Phi) is 6.21. The first-order chi connectivity index (χ1) is 7.93. The van der Waals surface area contributed by atoms with Gasteiger partial charge in [0.25, 0.3) is 0 Å². The van der Waals surface area contributed by atoms with Crippen LogP contribution in [0.25, 0.3) is 0 Å². The lowest BCUT2D eigenvalue weighted by Crippen LogP contribution is -2.50. The lowest BCUT2D eigenvalue weighted by molar-refractivity contribution is -0.178. The number of ether oxygens (including phenoxy) is 2. The van der Waals surface area contributed by atoms with E-state index in [9.17, 15) is 9.59 Å². The van der Waals surface area contributed by atoms with Crippen LogP contribution in [0.4, 0.5) is 0 Å². The Morgan fingerprint density at radius 1 is 0.941 bits per heavy atom. The minimum atomic E-state index is -1.19. The van der Waals surface area contributed by atoms with E-state index in [1.807, 2.05) is 27.7 Å². The second kappa shape index (κ2) is 6.62. The highest BCUT2D eigenvalue weighted by Gasteiger charge is 2.55. The number of carbonyl (C=O) groups is 2. The summed E-state index contributed by atoms with van der Waals surface area (Å²) in [7, 11) is 2.62. The first-order valence-corrected chi connectivity index (χ1v) is 6.10. The van der Waals surface area contributed by atoms with Gasteiger partial charge in [0.2, 0.25) is 0 Å². The Balaban J connectivity index is 5.69. The maximum atomic E-state index is 12.1. The lowest BCUT2D eigenvalue weighted by atomic mass is 9.65. The highest BCUT2D eigenvalue weighted by molar-refractivity contribution is 6.00. The smallest absolute Gasteiger partial charge is 0.323 e. The summed E-state index contributed by atoms with van der Waals surface area (Å²) >= 11 is 0. The number of carbonyl (C=O) groups excluding carboxylic acids is 2. The van der Waals surface area contributed by atoms with Gasteiger partial charge in [0, 0.05) is 0 Å². The summed E-state index contributed by atoms with van der Waals surface area (Å²) in [5.74, 6) is -1.21. The molecule has 0 amide bonds. The fourth-order valence-electron chi connectivity index (χ4n) is 2.36. The molecule has 0 N–H and O–H groups in total. The summed E-state index contributed by atoms with van der Waals surface area (Å²) in [5.41, 5.74) is -1.19. The van der Waals surface area contributed by atoms with Crippen molar-refractivity contribution in [1.82, 2.24) is 0 Å². The molecule has 0 heterocycles. The molecular weight excluding hydrogens is 220 g/mol. The van der Waals surface area contributed by atoms with Gasteiger partial charge in [0.05, 0.1) is 14.2 Å². The van der Waals surface area contributed by atoms with Crippen molar-refractivity contribution in [2.24, 2.45) is 17.3 Å². The summed E-state index contributed by atoms with van der Waals surface area (Å²) in [6.07, 6.45) is 1.43. The molecule has 4 heteroatoms. The van der Waals surface area contributed by atoms with Gasteiger partial charge in [-0.15, -0.1) is 0 Å². The topological polar surface area (TPSA) is 52.6 Å². The number of hydrogen-bond acceptors (Lipinski definition) is 4. The molecule has 0 aromatic carbocycles. The standard InChI is InChI=1S/C13H24O4/c1-7-9(3)13(10(4)8-2,11(14)16-5)12(15)17-6/h9-10H,7-8H2,1-6H3. The van der Waals surface area contributed by atoms with E-state index in [0.29, 0.717) is 12.8 Å². The van der Waals surface area contributed by atoms with Crippen LogP contribution in [-0.2, 0) is 19.1 Å². The normalized spacial score (nSPS) is 14.9. The second-order valence-corrected chi connectivity index (χ2v) is 4.47. The van der Waals surface area contributed by atoms with Crippen LogP contribution in [0.5, 0.6) is 0 Å². The maximum absolute atomic E-state index is 12.1. The third-order valence-electron chi connectivity index (χ3n) is 3.83. The van der Waals surface area contributed by atoms with Crippen LogP contribution in [0, 0.1) is 17.3 Å². The molecule has 0 saturated heterocycles. The van der Waals surface area contributed by atoms with Crippen LogP contribution in [-0.4, -0.2) is 26.2 Å². The van der Waals surface area contributed by atoms with Crippen LogP contribution in [0.15, 0.2) is 0 Å². The van der Waals surface area contributed by atoms with Gasteiger partial charge in [-0.3, -0.25) is 9.59 Å². The lowest BCUT2D eigenvalue weighted by Gasteiger charge is -2.37. The minimum absolute atomic E-state index is 0.114. The molecule has 0 aromatic heterocycles. The molecule has 0 bridgehead atoms. The Bertz CT molecular complexity index is 245. The zero-order chi connectivity index (χ0) is 13.6. The van der Waals surface area contributed by atoms with E-state index < -0.39 is 17.4 Å². The van der Waals surface area contributed by atoms with Crippen molar-refractivity contribution in [3.63, 3.8) is 0 Å². The zero-order valence-electron chi connectivity index (χ0n) is 11.7. The number of rotatable bonds is 6. The molecule has 0 fully saturated rings. The third-order valence-corrected chi connectivity index (χ3v) is 3.83. The van der Waals surface area contributed by atoms with Crippen molar-refractivity contribution in [3.05, 3.63) is 0 Å². The largest absolute Gasteiger partial charge is 0.468 e. The molecule has 0 rings (SSSR count). The molecule has 2 unspecified atom stereocenters. The van der Waals surface area contributed by atoms with Gasteiger partial charge in [-0.2, -0.15) is 0 Å². The maximum Gasteiger partial charge on any atom is 0.323 e. The molecule has 0 saturated carbocycles. The number of hydrogen-bond donors (Lipinski definition) is 0. The van der Waals surface area contributed by atoms with E-state index >= 15 is 0 Å². The van der Waals surface area contributed by atoms with Crippen molar-refractivity contribution in [2.75, 3.05) is 14.2 Å². The predicted molar refractivity (Wildman–Crippen MR) is 65.4 cm³/mol. The fourth-order valence-corrected chi connectivity index (χ4v) is 2.36. The Morgan fingerprint density at radius 2 is 1.24 bits per heavy atom. The molecule has 0 aliphatic rings. The van der Waals surface area contributed by atoms with Gasteiger partial charge < -0.3 is 9.47 Å². The Hall–Kier alpha value is -1.06. The molecule has 0 aromatic rings.